The van der Waals surface area contributed by atoms with Crippen molar-refractivity contribution < 1.29 is 33.4 Å². The lowest BCUT2D eigenvalue weighted by atomic mass is 10.1. The predicted octanol–water partition coefficient (Wildman–Crippen LogP) is -0.185. The third kappa shape index (κ3) is 4.14. The molecule has 2 aromatic carbocycles. The van der Waals surface area contributed by atoms with Crippen molar-refractivity contribution >= 4 is 11.6 Å². The maximum atomic E-state index is 5.96. The van der Waals surface area contributed by atoms with Crippen molar-refractivity contribution in [1.82, 2.24) is 4.98 Å². The average molecular weight is 434 g/mol. The summed E-state index contributed by atoms with van der Waals surface area (Å²) in [5.41, 5.74) is 4.02. The second kappa shape index (κ2) is 7.96. The molecule has 0 amide bonds. The molecule has 6 heteroatoms. The molecule has 0 atom stereocenters. The molecular formula is C18H19IN4O. The number of nitrogen functional groups attached to an aromatic ring is 1. The van der Waals surface area contributed by atoms with E-state index < -0.39 is 0 Å². The predicted molar refractivity (Wildman–Crippen MR) is 91.0 cm³/mol. The summed E-state index contributed by atoms with van der Waals surface area (Å²) in [4.78, 5) is 4.61. The molecule has 0 spiro atoms. The van der Waals surface area contributed by atoms with Crippen LogP contribution in [0.25, 0.3) is 11.3 Å². The maximum Gasteiger partial charge on any atom is 0.418 e. The zero-order chi connectivity index (χ0) is 16.2. The molecule has 0 fully saturated rings. The Labute approximate surface area is 158 Å². The molecular weight excluding hydrogens is 415 g/mol. The highest BCUT2D eigenvalue weighted by atomic mass is 127. The third-order valence-corrected chi connectivity index (χ3v) is 3.56. The fourth-order valence-electron chi connectivity index (χ4n) is 2.21. The number of ether oxygens (including phenoxy) is 1. The Kier molecular flexibility index (Phi) is 5.97. The number of nitrogens with two attached hydrogens (primary N) is 1. The van der Waals surface area contributed by atoms with Crippen LogP contribution in [0, 0.1) is 6.92 Å². The first-order chi connectivity index (χ1) is 11.2. The van der Waals surface area contributed by atoms with Crippen molar-refractivity contribution in [2.45, 2.75) is 6.92 Å². The second-order valence-electron chi connectivity index (χ2n) is 5.26. The average Bonchev–Trinajstić information content (AvgIpc) is 2.58. The second-order valence-corrected chi connectivity index (χ2v) is 5.26. The lowest BCUT2D eigenvalue weighted by molar-refractivity contribution is -0.626. The molecule has 0 aliphatic carbocycles. The first-order valence-corrected chi connectivity index (χ1v) is 7.31. The van der Waals surface area contributed by atoms with Gasteiger partial charge in [0.1, 0.15) is 5.75 Å². The van der Waals surface area contributed by atoms with Gasteiger partial charge in [-0.15, -0.1) is 4.68 Å². The fourth-order valence-corrected chi connectivity index (χ4v) is 2.21. The van der Waals surface area contributed by atoms with Crippen molar-refractivity contribution in [2.75, 3.05) is 18.3 Å². The van der Waals surface area contributed by atoms with Gasteiger partial charge in [-0.2, -0.15) is 0 Å². The van der Waals surface area contributed by atoms with E-state index in [1.165, 1.54) is 10.2 Å². The summed E-state index contributed by atoms with van der Waals surface area (Å²) in [6, 6.07) is 17.7. The Morgan fingerprint density at radius 1 is 1.00 bits per heavy atom. The molecule has 3 aromatic rings. The van der Waals surface area contributed by atoms with Crippen LogP contribution in [0.15, 0.2) is 60.8 Å². The molecule has 0 unspecified atom stereocenters. The minimum atomic E-state index is 0. The van der Waals surface area contributed by atoms with Crippen LogP contribution in [0.5, 0.6) is 5.75 Å². The summed E-state index contributed by atoms with van der Waals surface area (Å²) in [6.45, 7) is 2.06. The van der Waals surface area contributed by atoms with Crippen molar-refractivity contribution in [1.29, 1.82) is 0 Å². The Hall–Kier alpha value is -2.35. The SMILES string of the molecule is COc1ccc(Nc2nc(-c3ccc(C)cc3)cc[n+]2N)cc1.[I-]. The van der Waals surface area contributed by atoms with Gasteiger partial charge in [0, 0.05) is 11.6 Å². The van der Waals surface area contributed by atoms with E-state index in [9.17, 15) is 0 Å². The third-order valence-electron chi connectivity index (χ3n) is 3.56. The number of aryl methyl sites for hydroxylation is 1. The summed E-state index contributed by atoms with van der Waals surface area (Å²) in [5.74, 6) is 7.33. The van der Waals surface area contributed by atoms with E-state index in [4.69, 9.17) is 10.6 Å². The smallest absolute Gasteiger partial charge is 0.418 e. The van der Waals surface area contributed by atoms with Crippen LogP contribution in [0.3, 0.4) is 0 Å². The number of nitrogens with zero attached hydrogens (tertiary/aromatic N) is 2. The highest BCUT2D eigenvalue weighted by molar-refractivity contribution is 5.61. The topological polar surface area (TPSA) is 64.0 Å². The maximum absolute atomic E-state index is 5.96. The summed E-state index contributed by atoms with van der Waals surface area (Å²) in [7, 11) is 1.64. The lowest BCUT2D eigenvalue weighted by Gasteiger charge is -2.05. The minimum absolute atomic E-state index is 0. The van der Waals surface area contributed by atoms with Gasteiger partial charge < -0.3 is 28.7 Å². The molecule has 3 N–H and O–H groups in total. The number of hydrogen-bond acceptors (Lipinski definition) is 4. The summed E-state index contributed by atoms with van der Waals surface area (Å²) >= 11 is 0. The first-order valence-electron chi connectivity index (χ1n) is 7.31. The standard InChI is InChI=1S/C18H18N4O.HI/c1-13-3-5-14(6-4-13)17-11-12-22(19)18(21-17)20-15-7-9-16(23-2)10-8-15;/h3-12H,19H2,1-2H3;1H. The van der Waals surface area contributed by atoms with Gasteiger partial charge >= 0.3 is 5.95 Å². The summed E-state index contributed by atoms with van der Waals surface area (Å²) < 4.78 is 6.62. The number of nitrogens with one attached hydrogen (secondary N) is 1. The van der Waals surface area contributed by atoms with Crippen LogP contribution >= 0.6 is 0 Å². The molecule has 0 aliphatic heterocycles. The van der Waals surface area contributed by atoms with Crippen molar-refractivity contribution in [3.8, 4) is 17.0 Å². The zero-order valence-electron chi connectivity index (χ0n) is 13.5. The van der Waals surface area contributed by atoms with E-state index in [0.717, 1.165) is 22.7 Å². The van der Waals surface area contributed by atoms with Crippen LogP contribution < -0.4 is 44.5 Å². The van der Waals surface area contributed by atoms with Crippen LogP contribution in [0.4, 0.5) is 11.6 Å². The molecule has 0 saturated heterocycles. The largest absolute Gasteiger partial charge is 1.00 e. The minimum Gasteiger partial charge on any atom is -1.00 e. The molecule has 1 aromatic heterocycles. The number of anilines is 2. The van der Waals surface area contributed by atoms with E-state index >= 15 is 0 Å². The Bertz CT molecular complexity index is 804. The van der Waals surface area contributed by atoms with Gasteiger partial charge in [-0.3, -0.25) is 5.84 Å². The number of benzene rings is 2. The van der Waals surface area contributed by atoms with E-state index in [1.54, 1.807) is 13.3 Å². The quantitative estimate of drug-likeness (QED) is 0.340. The van der Waals surface area contributed by atoms with Gasteiger partial charge in [-0.05, 0) is 31.2 Å². The highest BCUT2D eigenvalue weighted by Gasteiger charge is 2.14. The van der Waals surface area contributed by atoms with Crippen LogP contribution in [-0.2, 0) is 0 Å². The van der Waals surface area contributed by atoms with Crippen molar-refractivity contribution in [2.24, 2.45) is 0 Å². The Morgan fingerprint density at radius 3 is 2.29 bits per heavy atom. The van der Waals surface area contributed by atoms with E-state index in [2.05, 4.69) is 41.5 Å². The summed E-state index contributed by atoms with van der Waals surface area (Å²) in [5, 5.41) is 3.22. The van der Waals surface area contributed by atoms with Gasteiger partial charge in [0.15, 0.2) is 5.69 Å². The number of methoxy groups -OCH3 is 1. The highest BCUT2D eigenvalue weighted by Crippen LogP contribution is 2.20. The lowest BCUT2D eigenvalue weighted by Crippen LogP contribution is -3.00. The molecule has 24 heavy (non-hydrogen) atoms. The molecule has 124 valence electrons. The molecule has 1 heterocycles. The number of rotatable bonds is 4. The van der Waals surface area contributed by atoms with Crippen molar-refractivity contribution in [3.63, 3.8) is 0 Å². The number of hydrogen-bond donors (Lipinski definition) is 2. The van der Waals surface area contributed by atoms with Gasteiger partial charge in [-0.25, -0.2) is 5.32 Å². The number of halogens is 1. The zero-order valence-corrected chi connectivity index (χ0v) is 15.7. The van der Waals surface area contributed by atoms with Crippen LogP contribution in [-0.4, -0.2) is 12.1 Å². The van der Waals surface area contributed by atoms with Gasteiger partial charge in [0.25, 0.3) is 0 Å². The van der Waals surface area contributed by atoms with E-state index in [1.807, 2.05) is 30.3 Å². The number of aromatic nitrogens is 2. The molecule has 3 rings (SSSR count). The fraction of sp³-hybridized carbons (Fsp3) is 0.111. The molecule has 0 bridgehead atoms. The van der Waals surface area contributed by atoms with Gasteiger partial charge in [-0.1, -0.05) is 34.8 Å². The first kappa shape index (κ1) is 18.0. The summed E-state index contributed by atoms with van der Waals surface area (Å²) in [6.07, 6.45) is 1.79. The van der Waals surface area contributed by atoms with Crippen molar-refractivity contribution in [3.05, 3.63) is 66.4 Å². The van der Waals surface area contributed by atoms with E-state index in [-0.39, 0.29) is 24.0 Å². The van der Waals surface area contributed by atoms with Crippen LogP contribution in [0.2, 0.25) is 0 Å². The molecule has 0 aliphatic rings. The molecule has 5 nitrogen and oxygen atoms in total. The van der Waals surface area contributed by atoms with Gasteiger partial charge in [0.05, 0.1) is 19.0 Å². The molecule has 0 radical (unpaired) electrons. The molecule has 0 saturated carbocycles. The van der Waals surface area contributed by atoms with Gasteiger partial charge in [0.2, 0.25) is 0 Å². The van der Waals surface area contributed by atoms with Crippen LogP contribution in [0.1, 0.15) is 5.56 Å². The van der Waals surface area contributed by atoms with E-state index in [0.29, 0.717) is 5.95 Å². The normalized spacial score (nSPS) is 9.92. The Balaban J connectivity index is 0.00000208. The monoisotopic (exact) mass is 434 g/mol. The Morgan fingerprint density at radius 2 is 1.67 bits per heavy atom.